The Morgan fingerprint density at radius 1 is 1.26 bits per heavy atom. The summed E-state index contributed by atoms with van der Waals surface area (Å²) in [5, 5.41) is 11.2. The molecule has 1 saturated heterocycles. The smallest absolute Gasteiger partial charge is 0.162 e. The lowest BCUT2D eigenvalue weighted by Crippen LogP contribution is -2.38. The lowest BCUT2D eigenvalue weighted by atomic mass is 10.1. The molecule has 27 heavy (non-hydrogen) atoms. The molecule has 1 fully saturated rings. The lowest BCUT2D eigenvalue weighted by molar-refractivity contribution is 0.0617. The van der Waals surface area contributed by atoms with Gasteiger partial charge in [0.15, 0.2) is 5.78 Å². The van der Waals surface area contributed by atoms with E-state index in [0.29, 0.717) is 12.3 Å². The van der Waals surface area contributed by atoms with Crippen LogP contribution in [0.4, 0.5) is 0 Å². The van der Waals surface area contributed by atoms with Crippen molar-refractivity contribution >= 4 is 29.1 Å². The summed E-state index contributed by atoms with van der Waals surface area (Å²) in [4.78, 5) is 14.4. The second kappa shape index (κ2) is 9.58. The molecule has 1 aliphatic heterocycles. The number of hydrogen-bond donors (Lipinski definition) is 1. The quantitative estimate of drug-likeness (QED) is 0.725. The highest BCUT2D eigenvalue weighted by Crippen LogP contribution is 2.30. The monoisotopic (exact) mass is 394 g/mol. The Kier molecular flexibility index (Phi) is 7.71. The topological polar surface area (TPSA) is 54.7 Å². The van der Waals surface area contributed by atoms with Gasteiger partial charge >= 0.3 is 0 Å². The number of benzene rings is 1. The number of piperidine rings is 1. The van der Waals surface area contributed by atoms with Crippen LogP contribution in [0.3, 0.4) is 0 Å². The highest BCUT2D eigenvalue weighted by Gasteiger charge is 2.18. The molecule has 0 amide bonds. The number of Topliss-reactive ketones (excluding diaryl/α,β-unsaturated/α-hetero) is 1. The zero-order valence-corrected chi connectivity index (χ0v) is 17.3. The number of carbonyl (C=O) groups is 1. The molecule has 0 radical (unpaired) electrons. The molecule has 1 aromatic heterocycles. The predicted molar refractivity (Wildman–Crippen MR) is 111 cm³/mol. The largest absolute Gasteiger partial charge is 0.491 e. The SMILES string of the molecule is CCn1c(C)c(C(C)=O)c2cc(OCC(O)CN3CCCCC3)ccc21.Cl. The molecular formula is C21H31ClN2O3. The van der Waals surface area contributed by atoms with Gasteiger partial charge in [0.25, 0.3) is 0 Å². The molecule has 0 saturated carbocycles. The van der Waals surface area contributed by atoms with Gasteiger partial charge in [-0.15, -0.1) is 12.4 Å². The van der Waals surface area contributed by atoms with Crippen molar-refractivity contribution < 1.29 is 14.6 Å². The zero-order chi connectivity index (χ0) is 18.7. The van der Waals surface area contributed by atoms with E-state index in [1.165, 1.54) is 19.3 Å². The summed E-state index contributed by atoms with van der Waals surface area (Å²) < 4.78 is 7.99. The molecule has 5 nitrogen and oxygen atoms in total. The van der Waals surface area contributed by atoms with Crippen molar-refractivity contribution in [2.24, 2.45) is 0 Å². The first-order valence-corrected chi connectivity index (χ1v) is 9.68. The highest BCUT2D eigenvalue weighted by atomic mass is 35.5. The number of aromatic nitrogens is 1. The fraction of sp³-hybridized carbons (Fsp3) is 0.571. The summed E-state index contributed by atoms with van der Waals surface area (Å²) in [6.07, 6.45) is 3.22. The molecule has 1 N–H and O–H groups in total. The van der Waals surface area contributed by atoms with E-state index in [-0.39, 0.29) is 24.8 Å². The van der Waals surface area contributed by atoms with E-state index in [1.807, 2.05) is 25.1 Å². The summed E-state index contributed by atoms with van der Waals surface area (Å²) >= 11 is 0. The number of fused-ring (bicyclic) bond motifs is 1. The fourth-order valence-electron chi connectivity index (χ4n) is 4.09. The Bertz CT molecular complexity index is 781. The maximum absolute atomic E-state index is 12.1. The molecule has 2 heterocycles. The van der Waals surface area contributed by atoms with Crippen LogP contribution in [-0.2, 0) is 6.54 Å². The van der Waals surface area contributed by atoms with Crippen LogP contribution in [0.1, 0.15) is 49.2 Å². The van der Waals surface area contributed by atoms with Crippen LogP contribution in [-0.4, -0.2) is 52.7 Å². The van der Waals surface area contributed by atoms with Crippen molar-refractivity contribution in [2.45, 2.75) is 52.7 Å². The number of aliphatic hydroxyl groups is 1. The second-order valence-corrected chi connectivity index (χ2v) is 7.27. The van der Waals surface area contributed by atoms with Crippen molar-refractivity contribution in [1.82, 2.24) is 9.47 Å². The standard InChI is InChI=1S/C21H30N2O3.ClH/c1-4-23-15(2)21(16(3)24)19-12-18(8-9-20(19)23)26-14-17(25)13-22-10-6-5-7-11-22;/h8-9,12,17,25H,4-7,10-11,13-14H2,1-3H3;1H. The van der Waals surface area contributed by atoms with Gasteiger partial charge in [0.2, 0.25) is 0 Å². The van der Waals surface area contributed by atoms with Gasteiger partial charge in [0.05, 0.1) is 0 Å². The third kappa shape index (κ3) is 4.84. The van der Waals surface area contributed by atoms with Crippen molar-refractivity contribution in [2.75, 3.05) is 26.2 Å². The number of ether oxygens (including phenoxy) is 1. The highest BCUT2D eigenvalue weighted by molar-refractivity contribution is 6.08. The molecule has 0 bridgehead atoms. The minimum atomic E-state index is -0.502. The Morgan fingerprint density at radius 2 is 1.96 bits per heavy atom. The first-order chi connectivity index (χ1) is 12.5. The first kappa shape index (κ1) is 21.7. The summed E-state index contributed by atoms with van der Waals surface area (Å²) in [6, 6.07) is 5.86. The molecule has 150 valence electrons. The Morgan fingerprint density at radius 3 is 2.59 bits per heavy atom. The van der Waals surface area contributed by atoms with Crippen LogP contribution in [0.5, 0.6) is 5.75 Å². The number of hydrogen-bond acceptors (Lipinski definition) is 4. The minimum Gasteiger partial charge on any atom is -0.491 e. The molecular weight excluding hydrogens is 364 g/mol. The first-order valence-electron chi connectivity index (χ1n) is 9.68. The van der Waals surface area contributed by atoms with Gasteiger partial charge in [-0.05, 0) is 64.9 Å². The fourth-order valence-corrected chi connectivity index (χ4v) is 4.09. The second-order valence-electron chi connectivity index (χ2n) is 7.27. The number of aliphatic hydroxyl groups excluding tert-OH is 1. The summed E-state index contributed by atoms with van der Waals surface area (Å²) in [6.45, 7) is 9.56. The maximum atomic E-state index is 12.1. The van der Waals surface area contributed by atoms with Crippen molar-refractivity contribution in [3.8, 4) is 5.75 Å². The van der Waals surface area contributed by atoms with Gasteiger partial charge in [0.1, 0.15) is 18.5 Å². The number of aryl methyl sites for hydroxylation is 1. The number of rotatable bonds is 7. The van der Waals surface area contributed by atoms with E-state index in [1.54, 1.807) is 6.92 Å². The average molecular weight is 395 g/mol. The van der Waals surface area contributed by atoms with Gasteiger partial charge in [0, 0.05) is 35.2 Å². The van der Waals surface area contributed by atoms with E-state index >= 15 is 0 Å². The van der Waals surface area contributed by atoms with Crippen LogP contribution >= 0.6 is 12.4 Å². The van der Waals surface area contributed by atoms with Crippen LogP contribution < -0.4 is 4.74 Å². The molecule has 1 aromatic carbocycles. The average Bonchev–Trinajstić information content (AvgIpc) is 2.91. The molecule has 0 spiro atoms. The van der Waals surface area contributed by atoms with Gasteiger partial charge in [-0.1, -0.05) is 6.42 Å². The van der Waals surface area contributed by atoms with E-state index in [4.69, 9.17) is 4.74 Å². The van der Waals surface area contributed by atoms with E-state index < -0.39 is 6.10 Å². The van der Waals surface area contributed by atoms with E-state index in [9.17, 15) is 9.90 Å². The molecule has 6 heteroatoms. The van der Waals surface area contributed by atoms with Gasteiger partial charge < -0.3 is 19.3 Å². The zero-order valence-electron chi connectivity index (χ0n) is 16.5. The van der Waals surface area contributed by atoms with Crippen molar-refractivity contribution in [1.29, 1.82) is 0 Å². The maximum Gasteiger partial charge on any atom is 0.162 e. The summed E-state index contributed by atoms with van der Waals surface area (Å²) in [7, 11) is 0. The van der Waals surface area contributed by atoms with Gasteiger partial charge in [-0.3, -0.25) is 4.79 Å². The van der Waals surface area contributed by atoms with Crippen LogP contribution in [0.15, 0.2) is 18.2 Å². The normalized spacial score (nSPS) is 16.1. The Balaban J connectivity index is 0.00000261. The molecule has 1 unspecified atom stereocenters. The van der Waals surface area contributed by atoms with Gasteiger partial charge in [-0.2, -0.15) is 0 Å². The van der Waals surface area contributed by atoms with Crippen LogP contribution in [0, 0.1) is 6.92 Å². The van der Waals surface area contributed by atoms with E-state index in [0.717, 1.165) is 41.8 Å². The lowest BCUT2D eigenvalue weighted by Gasteiger charge is -2.28. The Labute approximate surface area is 167 Å². The predicted octanol–water partition coefficient (Wildman–Crippen LogP) is 3.82. The molecule has 2 aromatic rings. The number of likely N-dealkylation sites (tertiary alicyclic amines) is 1. The third-order valence-electron chi connectivity index (χ3n) is 5.32. The van der Waals surface area contributed by atoms with Crippen LogP contribution in [0.25, 0.3) is 10.9 Å². The van der Waals surface area contributed by atoms with Crippen molar-refractivity contribution in [3.05, 3.63) is 29.5 Å². The molecule has 1 aliphatic rings. The number of carbonyl (C=O) groups excluding carboxylic acids is 1. The van der Waals surface area contributed by atoms with Crippen molar-refractivity contribution in [3.63, 3.8) is 0 Å². The summed E-state index contributed by atoms with van der Waals surface area (Å²) in [5.41, 5.74) is 2.81. The molecule has 0 aliphatic carbocycles. The van der Waals surface area contributed by atoms with E-state index in [2.05, 4.69) is 16.4 Å². The Hall–Kier alpha value is -1.56. The third-order valence-corrected chi connectivity index (χ3v) is 5.32. The minimum absolute atomic E-state index is 0. The summed E-state index contributed by atoms with van der Waals surface area (Å²) in [5.74, 6) is 0.771. The molecule has 3 rings (SSSR count). The number of halogens is 1. The number of ketones is 1. The molecule has 1 atom stereocenters. The number of β-amino-alcohol motifs (C(OH)–C–C–N with tert-alkyl or cyclic N) is 1. The van der Waals surface area contributed by atoms with Crippen LogP contribution in [0.2, 0.25) is 0 Å². The number of nitrogens with zero attached hydrogens (tertiary/aromatic N) is 2. The van der Waals surface area contributed by atoms with Gasteiger partial charge in [-0.25, -0.2) is 0 Å².